The number of para-hydroxylation sites is 1. The number of carbonyl (C=O) groups is 1. The molecule has 29 heavy (non-hydrogen) atoms. The van der Waals surface area contributed by atoms with Crippen molar-refractivity contribution in [2.75, 3.05) is 6.54 Å². The third-order valence-corrected chi connectivity index (χ3v) is 4.72. The molecule has 1 heterocycles. The molecule has 3 rings (SSSR count). The molecule has 0 bridgehead atoms. The van der Waals surface area contributed by atoms with Crippen molar-refractivity contribution < 1.29 is 9.72 Å². The molecule has 0 saturated heterocycles. The van der Waals surface area contributed by atoms with Crippen LogP contribution in [0.15, 0.2) is 54.6 Å². The summed E-state index contributed by atoms with van der Waals surface area (Å²) in [6, 6.07) is 14.8. The number of aromatic nitrogens is 2. The van der Waals surface area contributed by atoms with E-state index in [-0.39, 0.29) is 11.6 Å². The summed E-state index contributed by atoms with van der Waals surface area (Å²) in [7, 11) is 0. The second-order valence-electron chi connectivity index (χ2n) is 7.02. The number of non-ortho nitro benzene ring substituents is 1. The maximum Gasteiger partial charge on any atom is 0.270 e. The molecule has 7 nitrogen and oxygen atoms in total. The number of nitro groups is 1. The Morgan fingerprint density at radius 2 is 1.90 bits per heavy atom. The lowest BCUT2D eigenvalue weighted by atomic mass is 10.1. The third-order valence-electron chi connectivity index (χ3n) is 4.40. The van der Waals surface area contributed by atoms with Gasteiger partial charge in [0.1, 0.15) is 5.69 Å². The molecule has 0 radical (unpaired) electrons. The lowest BCUT2D eigenvalue weighted by Crippen LogP contribution is -2.27. The van der Waals surface area contributed by atoms with Gasteiger partial charge in [-0.2, -0.15) is 5.10 Å². The first-order valence-electron chi connectivity index (χ1n) is 9.25. The van der Waals surface area contributed by atoms with Crippen LogP contribution in [0.25, 0.3) is 16.9 Å². The van der Waals surface area contributed by atoms with Gasteiger partial charge in [0.25, 0.3) is 11.6 Å². The number of benzene rings is 2. The summed E-state index contributed by atoms with van der Waals surface area (Å²) < 4.78 is 1.50. The molecule has 0 spiro atoms. The molecule has 0 unspecified atom stereocenters. The van der Waals surface area contributed by atoms with Crippen LogP contribution >= 0.6 is 11.6 Å². The Labute approximate surface area is 173 Å². The van der Waals surface area contributed by atoms with Crippen LogP contribution < -0.4 is 5.32 Å². The van der Waals surface area contributed by atoms with E-state index < -0.39 is 4.92 Å². The Hall–Kier alpha value is -3.19. The van der Waals surface area contributed by atoms with Crippen molar-refractivity contribution in [1.29, 1.82) is 0 Å². The second-order valence-corrected chi connectivity index (χ2v) is 7.43. The van der Waals surface area contributed by atoms with Gasteiger partial charge in [0.2, 0.25) is 0 Å². The van der Waals surface area contributed by atoms with E-state index >= 15 is 0 Å². The summed E-state index contributed by atoms with van der Waals surface area (Å²) in [6.45, 7) is 4.73. The predicted molar refractivity (Wildman–Crippen MR) is 112 cm³/mol. The largest absolute Gasteiger partial charge is 0.351 e. The van der Waals surface area contributed by atoms with Crippen molar-refractivity contribution in [3.8, 4) is 16.9 Å². The van der Waals surface area contributed by atoms with E-state index in [1.54, 1.807) is 36.4 Å². The average Bonchev–Trinajstić information content (AvgIpc) is 3.13. The van der Waals surface area contributed by atoms with Crippen molar-refractivity contribution in [2.45, 2.75) is 20.3 Å². The van der Waals surface area contributed by atoms with Gasteiger partial charge < -0.3 is 5.32 Å². The van der Waals surface area contributed by atoms with Crippen LogP contribution in [-0.2, 0) is 0 Å². The van der Waals surface area contributed by atoms with E-state index in [0.717, 1.165) is 6.42 Å². The van der Waals surface area contributed by atoms with Crippen LogP contribution in [0.1, 0.15) is 30.8 Å². The summed E-state index contributed by atoms with van der Waals surface area (Å²) in [4.78, 5) is 23.2. The van der Waals surface area contributed by atoms with E-state index in [9.17, 15) is 14.9 Å². The van der Waals surface area contributed by atoms with Gasteiger partial charge in [-0.25, -0.2) is 4.68 Å². The van der Waals surface area contributed by atoms with E-state index in [2.05, 4.69) is 24.3 Å². The number of nitrogens with zero attached hydrogens (tertiary/aromatic N) is 3. The summed E-state index contributed by atoms with van der Waals surface area (Å²) in [5, 5.41) is 18.8. The van der Waals surface area contributed by atoms with E-state index in [4.69, 9.17) is 11.6 Å². The van der Waals surface area contributed by atoms with Gasteiger partial charge in [-0.3, -0.25) is 14.9 Å². The number of hydrogen-bond donors (Lipinski definition) is 1. The molecular weight excluding hydrogens is 392 g/mol. The standard InChI is InChI=1S/C21H21ClN4O3/c1-14(2)11-12-23-21(27)20-13-18(15-7-9-16(10-8-15)26(28)29)24-25(20)19-6-4-3-5-17(19)22/h3-10,13-14H,11-12H2,1-2H3,(H,23,27). The van der Waals surface area contributed by atoms with Crippen LogP contribution in [0.3, 0.4) is 0 Å². The lowest BCUT2D eigenvalue weighted by molar-refractivity contribution is -0.384. The highest BCUT2D eigenvalue weighted by Crippen LogP contribution is 2.26. The Kier molecular flexibility index (Phi) is 6.29. The van der Waals surface area contributed by atoms with E-state index in [0.29, 0.717) is 40.1 Å². The number of rotatable bonds is 7. The molecule has 8 heteroatoms. The zero-order valence-electron chi connectivity index (χ0n) is 16.1. The van der Waals surface area contributed by atoms with Crippen LogP contribution in [-0.4, -0.2) is 27.2 Å². The Bertz CT molecular complexity index is 1030. The summed E-state index contributed by atoms with van der Waals surface area (Å²) >= 11 is 6.32. The van der Waals surface area contributed by atoms with Crippen molar-refractivity contribution in [2.24, 2.45) is 5.92 Å². The van der Waals surface area contributed by atoms with E-state index in [1.807, 2.05) is 6.07 Å². The maximum atomic E-state index is 12.8. The van der Waals surface area contributed by atoms with Gasteiger partial charge in [-0.15, -0.1) is 0 Å². The molecule has 1 amide bonds. The number of halogens is 1. The molecule has 0 fully saturated rings. The zero-order chi connectivity index (χ0) is 21.0. The zero-order valence-corrected chi connectivity index (χ0v) is 16.9. The van der Waals surface area contributed by atoms with Crippen LogP contribution in [0, 0.1) is 16.0 Å². The molecule has 0 aliphatic heterocycles. The Morgan fingerprint density at radius 3 is 2.52 bits per heavy atom. The van der Waals surface area contributed by atoms with Gasteiger partial charge >= 0.3 is 0 Å². The summed E-state index contributed by atoms with van der Waals surface area (Å²) in [5.74, 6) is 0.214. The first-order valence-corrected chi connectivity index (χ1v) is 9.62. The molecule has 0 saturated carbocycles. The smallest absolute Gasteiger partial charge is 0.270 e. The average molecular weight is 413 g/mol. The topological polar surface area (TPSA) is 90.1 Å². The SMILES string of the molecule is CC(C)CCNC(=O)c1cc(-c2ccc([N+](=O)[O-])cc2)nn1-c1ccccc1Cl. The predicted octanol–water partition coefficient (Wildman–Crippen LogP) is 4.88. The van der Waals surface area contributed by atoms with Crippen molar-refractivity contribution in [3.05, 3.63) is 75.4 Å². The quantitative estimate of drug-likeness (QED) is 0.442. The van der Waals surface area contributed by atoms with Crippen LogP contribution in [0.2, 0.25) is 5.02 Å². The molecule has 3 aromatic rings. The van der Waals surface area contributed by atoms with Crippen molar-refractivity contribution in [3.63, 3.8) is 0 Å². The number of hydrogen-bond acceptors (Lipinski definition) is 4. The summed E-state index contributed by atoms with van der Waals surface area (Å²) in [5.41, 5.74) is 2.10. The molecule has 0 atom stereocenters. The molecule has 150 valence electrons. The molecule has 0 aliphatic rings. The Balaban J connectivity index is 2.00. The van der Waals surface area contributed by atoms with Gasteiger partial charge in [-0.05, 0) is 42.7 Å². The minimum absolute atomic E-state index is 0.00839. The Morgan fingerprint density at radius 1 is 1.21 bits per heavy atom. The minimum Gasteiger partial charge on any atom is -0.351 e. The highest BCUT2D eigenvalue weighted by Gasteiger charge is 2.19. The number of nitro benzene ring substituents is 1. The van der Waals surface area contributed by atoms with Gasteiger partial charge in [-0.1, -0.05) is 37.6 Å². The lowest BCUT2D eigenvalue weighted by Gasteiger charge is -2.10. The van der Waals surface area contributed by atoms with Crippen LogP contribution in [0.5, 0.6) is 0 Å². The fourth-order valence-electron chi connectivity index (χ4n) is 2.81. The molecule has 1 aromatic heterocycles. The van der Waals surface area contributed by atoms with Crippen LogP contribution in [0.4, 0.5) is 5.69 Å². The second kappa shape index (κ2) is 8.87. The molecule has 0 aliphatic carbocycles. The monoisotopic (exact) mass is 412 g/mol. The minimum atomic E-state index is -0.459. The number of nitrogens with one attached hydrogen (secondary N) is 1. The first-order chi connectivity index (χ1) is 13.9. The summed E-state index contributed by atoms with van der Waals surface area (Å²) in [6.07, 6.45) is 0.862. The first kappa shape index (κ1) is 20.5. The van der Waals surface area contributed by atoms with Gasteiger partial charge in [0.15, 0.2) is 0 Å². The fourth-order valence-corrected chi connectivity index (χ4v) is 3.03. The van der Waals surface area contributed by atoms with E-state index in [1.165, 1.54) is 16.8 Å². The molecule has 2 aromatic carbocycles. The maximum absolute atomic E-state index is 12.8. The number of carbonyl (C=O) groups excluding carboxylic acids is 1. The van der Waals surface area contributed by atoms with Gasteiger partial charge in [0.05, 0.1) is 21.3 Å². The fraction of sp³-hybridized carbons (Fsp3) is 0.238. The molecule has 1 N–H and O–H groups in total. The number of amides is 1. The molecular formula is C21H21ClN4O3. The van der Waals surface area contributed by atoms with Crippen molar-refractivity contribution in [1.82, 2.24) is 15.1 Å². The van der Waals surface area contributed by atoms with Gasteiger partial charge in [0, 0.05) is 24.2 Å². The third kappa shape index (κ3) is 4.81. The normalized spacial score (nSPS) is 10.9. The van der Waals surface area contributed by atoms with Crippen molar-refractivity contribution >= 4 is 23.2 Å². The highest BCUT2D eigenvalue weighted by atomic mass is 35.5. The highest BCUT2D eigenvalue weighted by molar-refractivity contribution is 6.32.